The van der Waals surface area contributed by atoms with Gasteiger partial charge in [-0.3, -0.25) is 0 Å². The molecule has 4 nitrogen and oxygen atoms in total. The Hall–Kier alpha value is -0.870. The average Bonchev–Trinajstić information content (AvgIpc) is 2.34. The lowest BCUT2D eigenvalue weighted by Gasteiger charge is -2.05. The summed E-state index contributed by atoms with van der Waals surface area (Å²) in [4.78, 5) is 9.51. The van der Waals surface area contributed by atoms with Crippen LogP contribution in [0.1, 0.15) is 58.8 Å². The van der Waals surface area contributed by atoms with E-state index >= 15 is 0 Å². The fourth-order valence-electron chi connectivity index (χ4n) is 1.39. The summed E-state index contributed by atoms with van der Waals surface area (Å²) >= 11 is 0. The minimum absolute atomic E-state index is 0.0883. The van der Waals surface area contributed by atoms with Crippen LogP contribution in [0.15, 0.2) is 12.2 Å². The van der Waals surface area contributed by atoms with Crippen LogP contribution in [0, 0.1) is 0 Å². The van der Waals surface area contributed by atoms with Crippen LogP contribution in [0.25, 0.3) is 0 Å². The smallest absolute Gasteiger partial charge is 0.327 e. The van der Waals surface area contributed by atoms with E-state index in [0.29, 0.717) is 0 Å². The molecule has 1 atom stereocenters. The summed E-state index contributed by atoms with van der Waals surface area (Å²) in [6.07, 6.45) is 10.2. The zero-order valence-electron chi connectivity index (χ0n) is 11.6. The third-order valence-corrected chi connectivity index (χ3v) is 2.41. The number of aliphatic hydroxyl groups excluding tert-OH is 2. The number of allylic oxidation sites excluding steroid dienone is 1. The molecule has 3 N–H and O–H groups in total. The molecular formula is C14H28O4. The Bertz CT molecular complexity index is 202. The van der Waals surface area contributed by atoms with Crippen molar-refractivity contribution in [2.45, 2.75) is 64.9 Å². The van der Waals surface area contributed by atoms with Gasteiger partial charge in [0.05, 0.1) is 12.7 Å². The van der Waals surface area contributed by atoms with Crippen LogP contribution < -0.4 is 0 Å². The van der Waals surface area contributed by atoms with Gasteiger partial charge in [-0.15, -0.1) is 0 Å². The second-order valence-corrected chi connectivity index (χ2v) is 4.23. The van der Waals surface area contributed by atoms with Crippen molar-refractivity contribution in [1.82, 2.24) is 0 Å². The first-order valence-electron chi connectivity index (χ1n) is 6.73. The molecule has 0 saturated heterocycles. The van der Waals surface area contributed by atoms with Crippen molar-refractivity contribution < 1.29 is 20.1 Å². The van der Waals surface area contributed by atoms with Crippen molar-refractivity contribution in [2.24, 2.45) is 0 Å². The number of aliphatic hydroxyl groups is 2. The number of hydrogen-bond acceptors (Lipinski definition) is 3. The number of rotatable bonds is 9. The maximum atomic E-state index is 9.51. The van der Waals surface area contributed by atoms with Gasteiger partial charge in [0.2, 0.25) is 0 Å². The van der Waals surface area contributed by atoms with Crippen LogP contribution >= 0.6 is 0 Å². The summed E-state index contributed by atoms with van der Waals surface area (Å²) in [5.74, 6) is -0.891. The van der Waals surface area contributed by atoms with Gasteiger partial charge in [-0.1, -0.05) is 51.5 Å². The molecule has 0 aliphatic rings. The van der Waals surface area contributed by atoms with E-state index in [2.05, 4.69) is 6.92 Å². The average molecular weight is 260 g/mol. The lowest BCUT2D eigenvalue weighted by Crippen LogP contribution is -2.10. The molecule has 0 spiro atoms. The molecule has 0 heterocycles. The highest BCUT2D eigenvalue weighted by molar-refractivity contribution is 5.79. The lowest BCUT2D eigenvalue weighted by molar-refractivity contribution is -0.131. The summed E-state index contributed by atoms with van der Waals surface area (Å²) in [6, 6.07) is 0. The summed E-state index contributed by atoms with van der Waals surface area (Å²) in [6.45, 7) is 3.78. The minimum Gasteiger partial charge on any atom is -0.478 e. The van der Waals surface area contributed by atoms with E-state index in [-0.39, 0.29) is 6.61 Å². The Labute approximate surface area is 110 Å². The normalized spacial score (nSPS) is 12.0. The topological polar surface area (TPSA) is 77.8 Å². The molecule has 0 radical (unpaired) electrons. The first-order chi connectivity index (χ1) is 8.58. The highest BCUT2D eigenvalue weighted by atomic mass is 16.4. The second-order valence-electron chi connectivity index (χ2n) is 4.23. The molecule has 0 rings (SSSR count). The third kappa shape index (κ3) is 20.5. The molecule has 0 aromatic rings. The highest BCUT2D eigenvalue weighted by Crippen LogP contribution is 2.08. The van der Waals surface area contributed by atoms with Crippen LogP contribution in [0.3, 0.4) is 0 Å². The summed E-state index contributed by atoms with van der Waals surface area (Å²) in [5.41, 5.74) is 0. The van der Waals surface area contributed by atoms with E-state index in [9.17, 15) is 4.79 Å². The van der Waals surface area contributed by atoms with Crippen LogP contribution in [-0.4, -0.2) is 34.0 Å². The maximum absolute atomic E-state index is 9.51. The molecule has 108 valence electrons. The van der Waals surface area contributed by atoms with E-state index in [1.54, 1.807) is 6.92 Å². The van der Waals surface area contributed by atoms with Crippen LogP contribution in [-0.2, 0) is 4.79 Å². The standard InChI is InChI=1S/C10H22O2.C4H6O2/c1-2-3-4-5-6-7-8-10(12)9-11;1-2-3-4(5)6/h10-12H,2-9H2,1H3;2-3H,1H3,(H,5,6). The molecule has 0 fully saturated rings. The quantitative estimate of drug-likeness (QED) is 0.440. The van der Waals surface area contributed by atoms with E-state index < -0.39 is 12.1 Å². The Kier molecular flexibility index (Phi) is 17.4. The summed E-state index contributed by atoms with van der Waals surface area (Å²) in [5, 5.41) is 25.4. The molecule has 0 aromatic heterocycles. The molecule has 0 aliphatic heterocycles. The van der Waals surface area contributed by atoms with E-state index in [0.717, 1.165) is 18.9 Å². The van der Waals surface area contributed by atoms with Gasteiger partial charge in [-0.2, -0.15) is 0 Å². The van der Waals surface area contributed by atoms with Gasteiger partial charge in [0.15, 0.2) is 0 Å². The van der Waals surface area contributed by atoms with Crippen LogP contribution in [0.4, 0.5) is 0 Å². The van der Waals surface area contributed by atoms with Gasteiger partial charge < -0.3 is 15.3 Å². The van der Waals surface area contributed by atoms with Crippen LogP contribution in [0.2, 0.25) is 0 Å². The Balaban J connectivity index is 0. The van der Waals surface area contributed by atoms with Gasteiger partial charge in [-0.25, -0.2) is 4.79 Å². The highest BCUT2D eigenvalue weighted by Gasteiger charge is 1.99. The lowest BCUT2D eigenvalue weighted by atomic mass is 10.1. The Morgan fingerprint density at radius 2 is 1.72 bits per heavy atom. The molecule has 0 amide bonds. The summed E-state index contributed by atoms with van der Waals surface area (Å²) < 4.78 is 0. The zero-order valence-corrected chi connectivity index (χ0v) is 11.6. The number of carboxylic acid groups (broad SMARTS) is 1. The second kappa shape index (κ2) is 16.1. The molecule has 0 saturated carbocycles. The molecule has 4 heteroatoms. The fourth-order valence-corrected chi connectivity index (χ4v) is 1.39. The van der Waals surface area contributed by atoms with Crippen molar-refractivity contribution in [3.05, 3.63) is 12.2 Å². The van der Waals surface area contributed by atoms with Gasteiger partial charge in [0.1, 0.15) is 0 Å². The largest absolute Gasteiger partial charge is 0.478 e. The Morgan fingerprint density at radius 1 is 1.17 bits per heavy atom. The van der Waals surface area contributed by atoms with Gasteiger partial charge in [0.25, 0.3) is 0 Å². The first-order valence-corrected chi connectivity index (χ1v) is 6.73. The third-order valence-electron chi connectivity index (χ3n) is 2.41. The first kappa shape index (κ1) is 19.5. The minimum atomic E-state index is -0.891. The van der Waals surface area contributed by atoms with Crippen LogP contribution in [0.5, 0.6) is 0 Å². The van der Waals surface area contributed by atoms with Gasteiger partial charge >= 0.3 is 5.97 Å². The van der Waals surface area contributed by atoms with E-state index in [4.69, 9.17) is 15.3 Å². The molecular weight excluding hydrogens is 232 g/mol. The van der Waals surface area contributed by atoms with Crippen molar-refractivity contribution >= 4 is 5.97 Å². The number of carboxylic acids is 1. The predicted molar refractivity (Wildman–Crippen MR) is 73.5 cm³/mol. The number of unbranched alkanes of at least 4 members (excludes halogenated alkanes) is 5. The molecule has 1 unspecified atom stereocenters. The van der Waals surface area contributed by atoms with Crippen molar-refractivity contribution in [3.63, 3.8) is 0 Å². The van der Waals surface area contributed by atoms with Gasteiger partial charge in [0, 0.05) is 6.08 Å². The fraction of sp³-hybridized carbons (Fsp3) is 0.786. The van der Waals surface area contributed by atoms with E-state index in [1.807, 2.05) is 0 Å². The van der Waals surface area contributed by atoms with Crippen molar-refractivity contribution in [1.29, 1.82) is 0 Å². The number of aliphatic carboxylic acids is 1. The maximum Gasteiger partial charge on any atom is 0.327 e. The van der Waals surface area contributed by atoms with E-state index in [1.165, 1.54) is 38.2 Å². The number of hydrogen-bond donors (Lipinski definition) is 3. The zero-order chi connectivity index (χ0) is 14.2. The number of carbonyl (C=O) groups is 1. The van der Waals surface area contributed by atoms with Gasteiger partial charge in [-0.05, 0) is 13.3 Å². The molecule has 18 heavy (non-hydrogen) atoms. The predicted octanol–water partition coefficient (Wildman–Crippen LogP) is 2.74. The SMILES string of the molecule is CC=CC(=O)O.CCCCCCCCC(O)CO. The molecule has 0 aliphatic carbocycles. The Morgan fingerprint density at radius 3 is 2.11 bits per heavy atom. The molecule has 0 bridgehead atoms. The molecule has 0 aromatic carbocycles. The van der Waals surface area contributed by atoms with Crippen molar-refractivity contribution in [2.75, 3.05) is 6.61 Å². The monoisotopic (exact) mass is 260 g/mol. The summed E-state index contributed by atoms with van der Waals surface area (Å²) in [7, 11) is 0. The van der Waals surface area contributed by atoms with Crippen molar-refractivity contribution in [3.8, 4) is 0 Å².